The van der Waals surface area contributed by atoms with Crippen molar-refractivity contribution in [2.75, 3.05) is 20.8 Å². The number of aromatic nitrogens is 2. The molecule has 5 nitrogen and oxygen atoms in total. The summed E-state index contributed by atoms with van der Waals surface area (Å²) in [5.74, 6) is 0.298. The minimum atomic E-state index is -0.304. The van der Waals surface area contributed by atoms with Crippen molar-refractivity contribution in [1.29, 1.82) is 0 Å². The molecule has 0 saturated heterocycles. The van der Waals surface area contributed by atoms with Gasteiger partial charge < -0.3 is 15.2 Å². The third-order valence-corrected chi connectivity index (χ3v) is 3.23. The zero-order valence-electron chi connectivity index (χ0n) is 11.4. The van der Waals surface area contributed by atoms with Crippen LogP contribution in [0.4, 0.5) is 0 Å². The van der Waals surface area contributed by atoms with E-state index in [-0.39, 0.29) is 12.1 Å². The summed E-state index contributed by atoms with van der Waals surface area (Å²) in [6.07, 6.45) is 1.51. The van der Waals surface area contributed by atoms with Gasteiger partial charge in [0.15, 0.2) is 0 Å². The lowest BCUT2D eigenvalue weighted by molar-refractivity contribution is 0.0410. The largest absolute Gasteiger partial charge is 0.383 e. The van der Waals surface area contributed by atoms with Crippen LogP contribution in [0.25, 0.3) is 0 Å². The molecule has 0 aliphatic heterocycles. The highest BCUT2D eigenvalue weighted by atomic mass is 35.5. The molecule has 0 saturated carbocycles. The van der Waals surface area contributed by atoms with Crippen LogP contribution in [-0.4, -0.2) is 36.7 Å². The molecule has 6 heteroatoms. The van der Waals surface area contributed by atoms with Crippen LogP contribution in [0.5, 0.6) is 0 Å². The molecule has 0 amide bonds. The molecule has 0 fully saturated rings. The minimum Gasteiger partial charge on any atom is -0.383 e. The van der Waals surface area contributed by atoms with Gasteiger partial charge in [-0.2, -0.15) is 5.10 Å². The van der Waals surface area contributed by atoms with Gasteiger partial charge in [0, 0.05) is 14.2 Å². The van der Waals surface area contributed by atoms with E-state index in [1.54, 1.807) is 25.1 Å². The Hall–Kier alpha value is -0.620. The number of halogens is 1. The van der Waals surface area contributed by atoms with Crippen molar-refractivity contribution in [2.24, 2.45) is 11.7 Å². The van der Waals surface area contributed by atoms with E-state index in [1.165, 1.54) is 0 Å². The van der Waals surface area contributed by atoms with E-state index in [0.29, 0.717) is 24.1 Å². The number of nitrogens with zero attached hydrogens (tertiary/aromatic N) is 2. The van der Waals surface area contributed by atoms with Gasteiger partial charge in [0.25, 0.3) is 0 Å². The second-order valence-electron chi connectivity index (χ2n) is 4.56. The van der Waals surface area contributed by atoms with Crippen molar-refractivity contribution in [1.82, 2.24) is 9.78 Å². The fourth-order valence-corrected chi connectivity index (χ4v) is 2.32. The lowest BCUT2D eigenvalue weighted by Gasteiger charge is -2.26. The van der Waals surface area contributed by atoms with Crippen LogP contribution in [0.3, 0.4) is 0 Å². The summed E-state index contributed by atoms with van der Waals surface area (Å²) >= 11 is 6.16. The fraction of sp³-hybridized carbons (Fsp3) is 0.750. The molecule has 2 atom stereocenters. The van der Waals surface area contributed by atoms with E-state index < -0.39 is 0 Å². The third-order valence-electron chi connectivity index (χ3n) is 2.94. The molecule has 104 valence electrons. The van der Waals surface area contributed by atoms with E-state index in [1.807, 2.05) is 0 Å². The second kappa shape index (κ2) is 7.09. The minimum absolute atomic E-state index is 0.0968. The van der Waals surface area contributed by atoms with Crippen molar-refractivity contribution < 1.29 is 9.47 Å². The Balaban J connectivity index is 2.95. The number of nitrogens with two attached hydrogens (primary N) is 1. The summed E-state index contributed by atoms with van der Waals surface area (Å²) in [5.41, 5.74) is 7.06. The second-order valence-corrected chi connectivity index (χ2v) is 4.97. The Morgan fingerprint density at radius 3 is 2.61 bits per heavy atom. The van der Waals surface area contributed by atoms with Crippen LogP contribution < -0.4 is 5.73 Å². The van der Waals surface area contributed by atoms with Crippen LogP contribution in [0.15, 0.2) is 6.20 Å². The molecular formula is C12H22ClN3O2. The average Bonchev–Trinajstić information content (AvgIpc) is 2.68. The van der Waals surface area contributed by atoms with Gasteiger partial charge in [-0.25, -0.2) is 0 Å². The van der Waals surface area contributed by atoms with Crippen molar-refractivity contribution in [2.45, 2.75) is 32.5 Å². The van der Waals surface area contributed by atoms with E-state index in [4.69, 9.17) is 26.8 Å². The zero-order chi connectivity index (χ0) is 13.7. The van der Waals surface area contributed by atoms with Crippen LogP contribution in [0.2, 0.25) is 5.02 Å². The molecular weight excluding hydrogens is 254 g/mol. The van der Waals surface area contributed by atoms with Gasteiger partial charge >= 0.3 is 0 Å². The molecule has 1 heterocycles. The van der Waals surface area contributed by atoms with E-state index in [0.717, 1.165) is 5.69 Å². The van der Waals surface area contributed by atoms with Gasteiger partial charge in [0.05, 0.1) is 42.2 Å². The van der Waals surface area contributed by atoms with Crippen LogP contribution in [0, 0.1) is 5.92 Å². The van der Waals surface area contributed by atoms with Gasteiger partial charge in [-0.1, -0.05) is 25.4 Å². The molecule has 0 aliphatic rings. The maximum atomic E-state index is 6.26. The third kappa shape index (κ3) is 3.45. The maximum absolute atomic E-state index is 6.26. The number of hydrogen-bond acceptors (Lipinski definition) is 4. The molecule has 1 rings (SSSR count). The summed E-state index contributed by atoms with van der Waals surface area (Å²) in [4.78, 5) is 0. The van der Waals surface area contributed by atoms with Crippen molar-refractivity contribution in [3.05, 3.63) is 16.9 Å². The molecule has 2 N–H and O–H groups in total. The average molecular weight is 276 g/mol. The monoisotopic (exact) mass is 275 g/mol. The van der Waals surface area contributed by atoms with Crippen molar-refractivity contribution >= 4 is 11.6 Å². The van der Waals surface area contributed by atoms with Crippen LogP contribution in [-0.2, 0) is 16.0 Å². The van der Waals surface area contributed by atoms with Gasteiger partial charge in [-0.15, -0.1) is 0 Å². The van der Waals surface area contributed by atoms with E-state index in [2.05, 4.69) is 18.9 Å². The summed E-state index contributed by atoms with van der Waals surface area (Å²) in [5, 5.41) is 4.79. The molecule has 0 bridgehead atoms. The zero-order valence-corrected chi connectivity index (χ0v) is 12.1. The Morgan fingerprint density at radius 2 is 2.11 bits per heavy atom. The summed E-state index contributed by atoms with van der Waals surface area (Å²) in [7, 11) is 3.31. The molecule has 0 spiro atoms. The first-order valence-electron chi connectivity index (χ1n) is 6.01. The molecule has 18 heavy (non-hydrogen) atoms. The first-order chi connectivity index (χ1) is 8.52. The topological polar surface area (TPSA) is 62.3 Å². The number of hydrogen-bond donors (Lipinski definition) is 1. The lowest BCUT2D eigenvalue weighted by Crippen LogP contribution is -2.34. The SMILES string of the molecule is COCCn1ncc(Cl)c1C(N)C(OC)C(C)C. The fourth-order valence-electron chi connectivity index (χ4n) is 2.05. The Morgan fingerprint density at radius 1 is 1.44 bits per heavy atom. The Bertz CT molecular complexity index is 368. The van der Waals surface area contributed by atoms with Gasteiger partial charge in [-0.05, 0) is 5.92 Å². The number of ether oxygens (including phenoxy) is 2. The highest BCUT2D eigenvalue weighted by Gasteiger charge is 2.27. The van der Waals surface area contributed by atoms with E-state index in [9.17, 15) is 0 Å². The maximum Gasteiger partial charge on any atom is 0.0835 e. The summed E-state index contributed by atoms with van der Waals surface area (Å²) < 4.78 is 12.3. The Kier molecular flexibility index (Phi) is 6.08. The van der Waals surface area contributed by atoms with Crippen molar-refractivity contribution in [3.8, 4) is 0 Å². The highest BCUT2D eigenvalue weighted by Crippen LogP contribution is 2.27. The standard InChI is InChI=1S/C12H22ClN3O2/c1-8(2)12(18-4)10(14)11-9(13)7-15-16(11)5-6-17-3/h7-8,10,12H,5-6,14H2,1-4H3. The van der Waals surface area contributed by atoms with Gasteiger partial charge in [0.2, 0.25) is 0 Å². The predicted molar refractivity (Wildman–Crippen MR) is 71.7 cm³/mol. The molecule has 0 radical (unpaired) electrons. The number of rotatable bonds is 7. The first-order valence-corrected chi connectivity index (χ1v) is 6.39. The van der Waals surface area contributed by atoms with Gasteiger partial charge in [-0.3, -0.25) is 4.68 Å². The first kappa shape index (κ1) is 15.4. The van der Waals surface area contributed by atoms with Gasteiger partial charge in [0.1, 0.15) is 0 Å². The smallest absolute Gasteiger partial charge is 0.0835 e. The van der Waals surface area contributed by atoms with Crippen LogP contribution >= 0.6 is 11.6 Å². The lowest BCUT2D eigenvalue weighted by atomic mass is 9.97. The molecule has 1 aromatic heterocycles. The normalized spacial score (nSPS) is 15.1. The molecule has 0 aliphatic carbocycles. The van der Waals surface area contributed by atoms with Crippen LogP contribution in [0.1, 0.15) is 25.6 Å². The summed E-state index contributed by atoms with van der Waals surface area (Å²) in [6, 6.07) is -0.304. The van der Waals surface area contributed by atoms with E-state index >= 15 is 0 Å². The summed E-state index contributed by atoms with van der Waals surface area (Å²) in [6.45, 7) is 5.33. The van der Waals surface area contributed by atoms with Crippen molar-refractivity contribution in [3.63, 3.8) is 0 Å². The molecule has 1 aromatic rings. The quantitative estimate of drug-likeness (QED) is 0.825. The Labute approximate surface area is 113 Å². The molecule has 2 unspecified atom stereocenters. The molecule has 0 aromatic carbocycles. The number of methoxy groups -OCH3 is 2. The predicted octanol–water partition coefficient (Wildman–Crippen LogP) is 1.85. The highest BCUT2D eigenvalue weighted by molar-refractivity contribution is 6.31.